The summed E-state index contributed by atoms with van der Waals surface area (Å²) in [5.74, 6) is 0. The number of carbonyl (C=O) groups excluding carboxylic acids is 1. The highest BCUT2D eigenvalue weighted by atomic mass is 32.3. The van der Waals surface area contributed by atoms with Gasteiger partial charge in [0.25, 0.3) is 0 Å². The van der Waals surface area contributed by atoms with Gasteiger partial charge in [0.05, 0.1) is 12.6 Å². The summed E-state index contributed by atoms with van der Waals surface area (Å²) in [5, 5.41) is 0. The van der Waals surface area contributed by atoms with Crippen LogP contribution in [-0.2, 0) is 8.92 Å². The maximum absolute atomic E-state index is 12.6. The molecule has 1 aromatic carbocycles. The summed E-state index contributed by atoms with van der Waals surface area (Å²) >= 11 is 0. The van der Waals surface area contributed by atoms with Gasteiger partial charge in [0.2, 0.25) is 0 Å². The van der Waals surface area contributed by atoms with Crippen LogP contribution in [0.2, 0.25) is 0 Å². The van der Waals surface area contributed by atoms with E-state index < -0.39 is 15.9 Å². The third kappa shape index (κ3) is 5.52. The summed E-state index contributed by atoms with van der Waals surface area (Å²) in [7, 11) is -1.52. The Bertz CT molecular complexity index is 660. The number of nitrogens with zero attached hydrogens (tertiary/aromatic N) is 1. The quantitative estimate of drug-likeness (QED) is 0.609. The number of rotatable bonds is 4. The molecule has 4 nitrogen and oxygen atoms in total. The van der Waals surface area contributed by atoms with E-state index in [1.54, 1.807) is 4.90 Å². The molecule has 152 valence electrons. The highest BCUT2D eigenvalue weighted by Crippen LogP contribution is 2.63. The molecule has 0 aliphatic carbocycles. The Morgan fingerprint density at radius 3 is 2.30 bits per heavy atom. The first-order chi connectivity index (χ1) is 12.4. The highest BCUT2D eigenvalue weighted by Gasteiger charge is 2.37. The molecule has 2 unspecified atom stereocenters. The lowest BCUT2D eigenvalue weighted by Crippen LogP contribution is -2.47. The molecule has 5 heteroatoms. The van der Waals surface area contributed by atoms with Crippen LogP contribution in [0.25, 0.3) is 0 Å². The van der Waals surface area contributed by atoms with E-state index in [0.29, 0.717) is 13.2 Å². The fraction of sp³-hybridized carbons (Fsp3) is 0.591. The molecule has 0 bridgehead atoms. The lowest BCUT2D eigenvalue weighted by Gasteiger charge is -2.48. The molecular weight excluding hydrogens is 358 g/mol. The second-order valence-corrected chi connectivity index (χ2v) is 12.7. The molecule has 1 aromatic rings. The van der Waals surface area contributed by atoms with Crippen LogP contribution in [0.15, 0.2) is 47.4 Å². The van der Waals surface area contributed by atoms with Gasteiger partial charge in [-0.25, -0.2) is 4.79 Å². The van der Waals surface area contributed by atoms with Crippen molar-refractivity contribution in [1.82, 2.24) is 4.90 Å². The van der Waals surface area contributed by atoms with Crippen molar-refractivity contribution >= 4 is 16.4 Å². The van der Waals surface area contributed by atoms with Gasteiger partial charge in [-0.1, -0.05) is 51.1 Å². The predicted octanol–water partition coefficient (Wildman–Crippen LogP) is 5.78. The zero-order valence-electron chi connectivity index (χ0n) is 17.8. The lowest BCUT2D eigenvalue weighted by atomic mass is 10.1. The molecule has 2 atom stereocenters. The number of benzene rings is 1. The van der Waals surface area contributed by atoms with Crippen LogP contribution in [0.3, 0.4) is 0 Å². The molecule has 0 N–H and O–H groups in total. The predicted molar refractivity (Wildman–Crippen MR) is 114 cm³/mol. The molecule has 0 radical (unpaired) electrons. The minimum atomic E-state index is -1.52. The minimum absolute atomic E-state index is 0.0114. The zero-order chi connectivity index (χ0) is 20.3. The van der Waals surface area contributed by atoms with Crippen molar-refractivity contribution in [3.05, 3.63) is 42.5 Å². The Hall–Kier alpha value is -1.46. The minimum Gasteiger partial charge on any atom is -0.444 e. The Morgan fingerprint density at radius 2 is 1.74 bits per heavy atom. The van der Waals surface area contributed by atoms with E-state index in [0.717, 1.165) is 6.42 Å². The maximum Gasteiger partial charge on any atom is 0.410 e. The molecule has 0 aromatic heterocycles. The standard InChI is InChI=1S/C22H35NO3S/c1-21(2,3)26-20(24)23-16-12-11-13-18(23)17-25-27(7,22(4,5)6)19-14-9-8-10-15-19/h8-12,14-15,18H,13,16-17H2,1-7H3. The largest absolute Gasteiger partial charge is 0.444 e. The molecule has 1 aliphatic rings. The van der Waals surface area contributed by atoms with Crippen LogP contribution in [0, 0.1) is 0 Å². The second kappa shape index (κ2) is 8.27. The smallest absolute Gasteiger partial charge is 0.410 e. The van der Waals surface area contributed by atoms with Crippen molar-refractivity contribution in [2.45, 2.75) is 69.2 Å². The number of ether oxygens (including phenoxy) is 1. The van der Waals surface area contributed by atoms with Gasteiger partial charge >= 0.3 is 6.09 Å². The SMILES string of the molecule is CC(C)(C)OC(=O)N1CC=CCC1COS(C)(c1ccccc1)C(C)(C)C. The number of carbonyl (C=O) groups is 1. The molecule has 0 spiro atoms. The summed E-state index contributed by atoms with van der Waals surface area (Å²) in [6.45, 7) is 13.4. The molecule has 1 amide bonds. The van der Waals surface area contributed by atoms with Crippen LogP contribution in [-0.4, -0.2) is 46.8 Å². The van der Waals surface area contributed by atoms with E-state index in [-0.39, 0.29) is 16.9 Å². The Morgan fingerprint density at radius 1 is 1.11 bits per heavy atom. The lowest BCUT2D eigenvalue weighted by molar-refractivity contribution is 0.0134. The normalized spacial score (nSPS) is 21.4. The van der Waals surface area contributed by atoms with Gasteiger partial charge in [-0.05, 0) is 45.6 Å². The first kappa shape index (κ1) is 21.8. The number of hydrogen-bond donors (Lipinski definition) is 0. The van der Waals surface area contributed by atoms with Crippen LogP contribution in [0.1, 0.15) is 48.0 Å². The van der Waals surface area contributed by atoms with Gasteiger partial charge in [0.1, 0.15) is 5.60 Å². The van der Waals surface area contributed by atoms with Gasteiger partial charge in [0.15, 0.2) is 0 Å². The van der Waals surface area contributed by atoms with E-state index in [1.807, 2.05) is 32.9 Å². The highest BCUT2D eigenvalue weighted by molar-refractivity contribution is 8.30. The summed E-state index contributed by atoms with van der Waals surface area (Å²) in [4.78, 5) is 15.7. The average Bonchev–Trinajstić information content (AvgIpc) is 2.58. The topological polar surface area (TPSA) is 38.8 Å². The molecule has 0 fully saturated rings. The summed E-state index contributed by atoms with van der Waals surface area (Å²) in [6.07, 6.45) is 6.88. The third-order valence-electron chi connectivity index (χ3n) is 4.80. The van der Waals surface area contributed by atoms with Crippen LogP contribution >= 0.6 is 10.3 Å². The molecule has 27 heavy (non-hydrogen) atoms. The van der Waals surface area contributed by atoms with E-state index in [1.165, 1.54) is 4.90 Å². The van der Waals surface area contributed by atoms with Crippen molar-refractivity contribution in [2.24, 2.45) is 0 Å². The summed E-state index contributed by atoms with van der Waals surface area (Å²) in [5.41, 5.74) is -0.501. The molecule has 0 saturated heterocycles. The molecular formula is C22H35NO3S. The fourth-order valence-electron chi connectivity index (χ4n) is 2.91. The van der Waals surface area contributed by atoms with Gasteiger partial charge in [0, 0.05) is 16.2 Å². The van der Waals surface area contributed by atoms with Crippen molar-refractivity contribution in [2.75, 3.05) is 19.4 Å². The Balaban J connectivity index is 2.17. The van der Waals surface area contributed by atoms with Crippen molar-refractivity contribution in [3.63, 3.8) is 0 Å². The first-order valence-corrected chi connectivity index (χ1v) is 11.5. The van der Waals surface area contributed by atoms with Crippen LogP contribution < -0.4 is 0 Å². The molecule has 0 saturated carbocycles. The number of hydrogen-bond acceptors (Lipinski definition) is 3. The Labute approximate surface area is 166 Å². The van der Waals surface area contributed by atoms with Gasteiger partial charge in [-0.15, -0.1) is 10.3 Å². The van der Waals surface area contributed by atoms with Crippen molar-refractivity contribution in [3.8, 4) is 0 Å². The number of amides is 1. The van der Waals surface area contributed by atoms with Gasteiger partial charge < -0.3 is 8.92 Å². The van der Waals surface area contributed by atoms with Crippen molar-refractivity contribution < 1.29 is 13.7 Å². The van der Waals surface area contributed by atoms with E-state index >= 15 is 0 Å². The fourth-order valence-corrected chi connectivity index (χ4v) is 5.22. The van der Waals surface area contributed by atoms with Gasteiger partial charge in [-0.3, -0.25) is 4.90 Å². The van der Waals surface area contributed by atoms with E-state index in [2.05, 4.69) is 57.4 Å². The van der Waals surface area contributed by atoms with Gasteiger partial charge in [-0.2, -0.15) is 0 Å². The molecule has 1 heterocycles. The van der Waals surface area contributed by atoms with E-state index in [9.17, 15) is 4.79 Å². The maximum atomic E-state index is 12.6. The third-order valence-corrected chi connectivity index (χ3v) is 8.92. The molecule has 2 rings (SSSR count). The van der Waals surface area contributed by atoms with E-state index in [4.69, 9.17) is 8.92 Å². The molecule has 1 aliphatic heterocycles. The summed E-state index contributed by atoms with van der Waals surface area (Å²) < 4.78 is 12.2. The monoisotopic (exact) mass is 393 g/mol. The Kier molecular flexibility index (Phi) is 6.69. The van der Waals surface area contributed by atoms with Crippen LogP contribution in [0.4, 0.5) is 4.79 Å². The second-order valence-electron chi connectivity index (χ2n) is 9.05. The first-order valence-electron chi connectivity index (χ1n) is 9.56. The summed E-state index contributed by atoms with van der Waals surface area (Å²) in [6, 6.07) is 10.4. The van der Waals surface area contributed by atoms with Crippen molar-refractivity contribution in [1.29, 1.82) is 0 Å². The average molecular weight is 394 g/mol. The zero-order valence-corrected chi connectivity index (χ0v) is 18.6. The van der Waals surface area contributed by atoms with Crippen LogP contribution in [0.5, 0.6) is 0 Å².